The van der Waals surface area contributed by atoms with Crippen LogP contribution in [0.4, 0.5) is 0 Å². The van der Waals surface area contributed by atoms with Gasteiger partial charge < -0.3 is 4.74 Å². The maximum atomic E-state index is 12.4. The van der Waals surface area contributed by atoms with Crippen molar-refractivity contribution in [3.63, 3.8) is 0 Å². The van der Waals surface area contributed by atoms with Crippen molar-refractivity contribution in [3.05, 3.63) is 100 Å². The number of benzene rings is 2. The van der Waals surface area contributed by atoms with E-state index in [2.05, 4.69) is 24.0 Å². The summed E-state index contributed by atoms with van der Waals surface area (Å²) in [6.45, 7) is 4.08. The molecule has 136 valence electrons. The molecule has 0 bridgehead atoms. The van der Waals surface area contributed by atoms with Crippen molar-refractivity contribution in [2.45, 2.75) is 20.3 Å². The number of Topliss-reactive ketones (excluding diaryl/α,β-unsaturated/α-hetero) is 1. The fraction of sp³-hybridized carbons (Fsp3) is 0.167. The van der Waals surface area contributed by atoms with E-state index in [4.69, 9.17) is 4.74 Å². The molecule has 1 heterocycles. The van der Waals surface area contributed by atoms with E-state index in [0.29, 0.717) is 6.42 Å². The van der Waals surface area contributed by atoms with Gasteiger partial charge in [-0.25, -0.2) is 0 Å². The van der Waals surface area contributed by atoms with Crippen molar-refractivity contribution in [3.8, 4) is 5.75 Å². The zero-order valence-corrected chi connectivity index (χ0v) is 15.9. The normalized spacial score (nSPS) is 13.7. The minimum Gasteiger partial charge on any atom is -0.496 e. The van der Waals surface area contributed by atoms with Gasteiger partial charge in [0.1, 0.15) is 5.75 Å². The Balaban J connectivity index is 0.000000253. The number of hydrogen-bond acceptors (Lipinski definition) is 3. The lowest BCUT2D eigenvalue weighted by molar-refractivity contribution is 0.104. The highest BCUT2D eigenvalue weighted by atomic mass is 16.5. The van der Waals surface area contributed by atoms with Gasteiger partial charge in [-0.1, -0.05) is 42.0 Å². The van der Waals surface area contributed by atoms with Crippen molar-refractivity contribution >= 4 is 11.9 Å². The SMILES string of the molecule is COc1cc2c(cc1C)C/C(=C\c1ccncc1)C2=O.Cc1ccccc1. The molecule has 0 fully saturated rings. The summed E-state index contributed by atoms with van der Waals surface area (Å²) in [5.41, 5.74) is 6.03. The Bertz CT molecular complexity index is 960. The number of aryl methyl sites for hydroxylation is 2. The number of methoxy groups -OCH3 is 1. The average molecular weight is 357 g/mol. The van der Waals surface area contributed by atoms with E-state index in [1.807, 2.05) is 55.5 Å². The Hall–Kier alpha value is -3.20. The monoisotopic (exact) mass is 357 g/mol. The van der Waals surface area contributed by atoms with Crippen LogP contribution in [0.3, 0.4) is 0 Å². The summed E-state index contributed by atoms with van der Waals surface area (Å²) in [4.78, 5) is 16.4. The average Bonchev–Trinajstić information content (AvgIpc) is 2.97. The van der Waals surface area contributed by atoms with E-state index in [-0.39, 0.29) is 5.78 Å². The number of fused-ring (bicyclic) bond motifs is 1. The third-order valence-electron chi connectivity index (χ3n) is 4.53. The molecule has 0 saturated heterocycles. The zero-order valence-electron chi connectivity index (χ0n) is 15.9. The fourth-order valence-electron chi connectivity index (χ4n) is 3.10. The number of nitrogens with zero attached hydrogens (tertiary/aromatic N) is 1. The van der Waals surface area contributed by atoms with Gasteiger partial charge in [0.25, 0.3) is 0 Å². The second-order valence-corrected chi connectivity index (χ2v) is 6.59. The summed E-state index contributed by atoms with van der Waals surface area (Å²) in [7, 11) is 1.63. The number of aromatic nitrogens is 1. The summed E-state index contributed by atoms with van der Waals surface area (Å²) in [5.74, 6) is 0.859. The van der Waals surface area contributed by atoms with Crippen LogP contribution < -0.4 is 4.74 Å². The first kappa shape index (κ1) is 18.6. The number of carbonyl (C=O) groups is 1. The third-order valence-corrected chi connectivity index (χ3v) is 4.53. The molecule has 0 N–H and O–H groups in total. The molecule has 1 aromatic heterocycles. The first-order valence-corrected chi connectivity index (χ1v) is 8.93. The molecule has 0 atom stereocenters. The fourth-order valence-corrected chi connectivity index (χ4v) is 3.10. The minimum absolute atomic E-state index is 0.0927. The molecule has 0 aliphatic heterocycles. The molecule has 1 aliphatic carbocycles. The summed E-state index contributed by atoms with van der Waals surface area (Å²) in [5, 5.41) is 0. The van der Waals surface area contributed by atoms with E-state index in [0.717, 1.165) is 33.6 Å². The lowest BCUT2D eigenvalue weighted by atomic mass is 10.1. The standard InChI is InChI=1S/C17H15NO2.C7H8/c1-11-7-13-9-14(8-12-3-5-18-6-4-12)17(19)15(13)10-16(11)20-2;1-7-5-3-2-4-6-7/h3-8,10H,9H2,1-2H3;2-6H,1H3/b14-8+;. The van der Waals surface area contributed by atoms with Crippen LogP contribution in [0.2, 0.25) is 0 Å². The summed E-state index contributed by atoms with van der Waals surface area (Å²) in [6, 6.07) is 17.9. The molecule has 4 rings (SSSR count). The van der Waals surface area contributed by atoms with E-state index >= 15 is 0 Å². The van der Waals surface area contributed by atoms with Crippen molar-refractivity contribution < 1.29 is 9.53 Å². The molecule has 3 nitrogen and oxygen atoms in total. The molecular formula is C24H23NO2. The van der Waals surface area contributed by atoms with Gasteiger partial charge in [0.05, 0.1) is 7.11 Å². The summed E-state index contributed by atoms with van der Waals surface area (Å²) in [6.07, 6.45) is 6.07. The van der Waals surface area contributed by atoms with Gasteiger partial charge in [-0.2, -0.15) is 0 Å². The highest BCUT2D eigenvalue weighted by molar-refractivity contribution is 6.15. The van der Waals surface area contributed by atoms with Gasteiger partial charge in [-0.3, -0.25) is 9.78 Å². The molecule has 2 aromatic carbocycles. The van der Waals surface area contributed by atoms with Crippen molar-refractivity contribution in [2.24, 2.45) is 0 Å². The molecule has 0 amide bonds. The third kappa shape index (κ3) is 4.50. The van der Waals surface area contributed by atoms with Crippen LogP contribution >= 0.6 is 0 Å². The summed E-state index contributed by atoms with van der Waals surface area (Å²) < 4.78 is 5.29. The van der Waals surface area contributed by atoms with Gasteiger partial charge in [-0.05, 0) is 54.8 Å². The second kappa shape index (κ2) is 8.45. The van der Waals surface area contributed by atoms with E-state index < -0.39 is 0 Å². The van der Waals surface area contributed by atoms with Crippen LogP contribution in [0, 0.1) is 13.8 Å². The molecule has 3 aromatic rings. The topological polar surface area (TPSA) is 39.2 Å². The van der Waals surface area contributed by atoms with Crippen molar-refractivity contribution in [1.29, 1.82) is 0 Å². The predicted molar refractivity (Wildman–Crippen MR) is 109 cm³/mol. The van der Waals surface area contributed by atoms with E-state index in [1.165, 1.54) is 5.56 Å². The van der Waals surface area contributed by atoms with Crippen molar-refractivity contribution in [2.75, 3.05) is 7.11 Å². The Morgan fingerprint density at radius 1 is 1.00 bits per heavy atom. The number of pyridine rings is 1. The van der Waals surface area contributed by atoms with Crippen LogP contribution in [0.5, 0.6) is 5.75 Å². The molecule has 3 heteroatoms. The number of rotatable bonds is 2. The van der Waals surface area contributed by atoms with Crippen LogP contribution in [-0.2, 0) is 6.42 Å². The molecule has 0 spiro atoms. The Morgan fingerprint density at radius 3 is 2.30 bits per heavy atom. The van der Waals surface area contributed by atoms with Gasteiger partial charge in [0.15, 0.2) is 5.78 Å². The van der Waals surface area contributed by atoms with Gasteiger partial charge >= 0.3 is 0 Å². The van der Waals surface area contributed by atoms with Crippen LogP contribution in [0.1, 0.15) is 32.6 Å². The molecule has 27 heavy (non-hydrogen) atoms. The number of ketones is 1. The molecule has 1 aliphatic rings. The lowest BCUT2D eigenvalue weighted by Gasteiger charge is -2.06. The minimum atomic E-state index is 0.0927. The lowest BCUT2D eigenvalue weighted by Crippen LogP contribution is -1.97. The highest BCUT2D eigenvalue weighted by Gasteiger charge is 2.26. The van der Waals surface area contributed by atoms with E-state index in [9.17, 15) is 4.79 Å². The molecule has 0 radical (unpaired) electrons. The maximum Gasteiger partial charge on any atom is 0.189 e. The maximum absolute atomic E-state index is 12.4. The zero-order chi connectivity index (χ0) is 19.2. The number of hydrogen-bond donors (Lipinski definition) is 0. The highest BCUT2D eigenvalue weighted by Crippen LogP contribution is 2.32. The van der Waals surface area contributed by atoms with Gasteiger partial charge in [-0.15, -0.1) is 0 Å². The Kier molecular flexibility index (Phi) is 5.82. The number of carbonyl (C=O) groups excluding carboxylic acids is 1. The van der Waals surface area contributed by atoms with Crippen molar-refractivity contribution in [1.82, 2.24) is 4.98 Å². The quantitative estimate of drug-likeness (QED) is 0.591. The summed E-state index contributed by atoms with van der Waals surface area (Å²) >= 11 is 0. The van der Waals surface area contributed by atoms with E-state index in [1.54, 1.807) is 19.5 Å². The number of ether oxygens (including phenoxy) is 1. The smallest absolute Gasteiger partial charge is 0.189 e. The molecular weight excluding hydrogens is 334 g/mol. The number of allylic oxidation sites excluding steroid dienone is 1. The Morgan fingerprint density at radius 2 is 1.70 bits per heavy atom. The second-order valence-electron chi connectivity index (χ2n) is 6.59. The van der Waals surface area contributed by atoms with Crippen LogP contribution in [0.15, 0.2) is 72.6 Å². The first-order chi connectivity index (χ1) is 13.1. The largest absolute Gasteiger partial charge is 0.496 e. The first-order valence-electron chi connectivity index (χ1n) is 8.93. The predicted octanol–water partition coefficient (Wildman–Crippen LogP) is 5.22. The Labute approximate surface area is 160 Å². The molecule has 0 unspecified atom stereocenters. The van der Waals surface area contributed by atoms with Crippen LogP contribution in [-0.4, -0.2) is 17.9 Å². The molecule has 0 saturated carbocycles. The van der Waals surface area contributed by atoms with Crippen LogP contribution in [0.25, 0.3) is 6.08 Å². The van der Waals surface area contributed by atoms with Gasteiger partial charge in [0.2, 0.25) is 0 Å². The van der Waals surface area contributed by atoms with Gasteiger partial charge in [0, 0.05) is 30.0 Å².